The van der Waals surface area contributed by atoms with Gasteiger partial charge in [0.05, 0.1) is 30.0 Å². The molecular formula is C21H21FN4O2. The summed E-state index contributed by atoms with van der Waals surface area (Å²) in [6, 6.07) is 11.8. The Hall–Kier alpha value is -3.06. The molecule has 4 rings (SSSR count). The molecule has 0 saturated carbocycles. The van der Waals surface area contributed by atoms with Gasteiger partial charge in [-0.3, -0.25) is 9.78 Å². The van der Waals surface area contributed by atoms with Gasteiger partial charge in [-0.05, 0) is 37.6 Å². The fourth-order valence-electron chi connectivity index (χ4n) is 3.47. The number of hydrogen-bond donors (Lipinski definition) is 1. The lowest BCUT2D eigenvalue weighted by molar-refractivity contribution is -0.127. The molecule has 1 amide bonds. The lowest BCUT2D eigenvalue weighted by Gasteiger charge is -2.20. The van der Waals surface area contributed by atoms with E-state index in [0.717, 1.165) is 11.3 Å². The number of nitrogens with zero attached hydrogens (tertiary/aromatic N) is 3. The van der Waals surface area contributed by atoms with Gasteiger partial charge in [-0.25, -0.2) is 9.07 Å². The van der Waals surface area contributed by atoms with E-state index in [4.69, 9.17) is 4.74 Å². The standard InChI is InChI=1S/C21H21FN4O2/c1-14(18-7-4-5-10-23-18)25-21(27)16-9-11-28-20(16)15-12-24-26(13-15)19-8-3-2-6-17(19)22/h2-8,10,12-14,16,20H,9,11H2,1H3,(H,25,27)/t14?,16-,20+/m0/s1. The summed E-state index contributed by atoms with van der Waals surface area (Å²) in [5.74, 6) is -0.772. The summed E-state index contributed by atoms with van der Waals surface area (Å²) in [4.78, 5) is 17.1. The van der Waals surface area contributed by atoms with Gasteiger partial charge in [0.2, 0.25) is 5.91 Å². The van der Waals surface area contributed by atoms with Crippen LogP contribution in [0.25, 0.3) is 5.69 Å². The first-order chi connectivity index (χ1) is 13.6. The van der Waals surface area contributed by atoms with Crippen LogP contribution in [0.1, 0.15) is 36.7 Å². The normalized spacial score (nSPS) is 20.1. The summed E-state index contributed by atoms with van der Waals surface area (Å²) in [5, 5.41) is 7.27. The minimum atomic E-state index is -0.406. The first-order valence-corrected chi connectivity index (χ1v) is 9.26. The van der Waals surface area contributed by atoms with Crippen LogP contribution in [-0.2, 0) is 9.53 Å². The highest BCUT2D eigenvalue weighted by atomic mass is 19.1. The first-order valence-electron chi connectivity index (χ1n) is 9.26. The lowest BCUT2D eigenvalue weighted by Crippen LogP contribution is -2.34. The predicted octanol–water partition coefficient (Wildman–Crippen LogP) is 3.36. The molecule has 1 N–H and O–H groups in total. The van der Waals surface area contributed by atoms with Crippen LogP contribution in [0.15, 0.2) is 61.1 Å². The molecular weight excluding hydrogens is 359 g/mol. The highest BCUT2D eigenvalue weighted by molar-refractivity contribution is 5.80. The molecule has 1 aliphatic rings. The number of rotatable bonds is 5. The summed E-state index contributed by atoms with van der Waals surface area (Å²) in [5.41, 5.74) is 1.92. The molecule has 2 aromatic heterocycles. The van der Waals surface area contributed by atoms with Gasteiger partial charge in [0.15, 0.2) is 0 Å². The monoisotopic (exact) mass is 380 g/mol. The smallest absolute Gasteiger partial charge is 0.226 e. The predicted molar refractivity (Wildman–Crippen MR) is 101 cm³/mol. The average Bonchev–Trinajstić information content (AvgIpc) is 3.38. The van der Waals surface area contributed by atoms with Gasteiger partial charge < -0.3 is 10.1 Å². The minimum Gasteiger partial charge on any atom is -0.373 e. The van der Waals surface area contributed by atoms with Gasteiger partial charge in [-0.2, -0.15) is 5.10 Å². The topological polar surface area (TPSA) is 69.0 Å². The molecule has 28 heavy (non-hydrogen) atoms. The third-order valence-corrected chi connectivity index (χ3v) is 4.95. The van der Waals surface area contributed by atoms with Crippen molar-refractivity contribution in [2.24, 2.45) is 5.92 Å². The van der Waals surface area contributed by atoms with Crippen LogP contribution in [0.2, 0.25) is 0 Å². The number of nitrogens with one attached hydrogen (secondary N) is 1. The third kappa shape index (κ3) is 3.66. The zero-order valence-corrected chi connectivity index (χ0v) is 15.5. The maximum absolute atomic E-state index is 14.0. The van der Waals surface area contributed by atoms with Gasteiger partial charge >= 0.3 is 0 Å². The van der Waals surface area contributed by atoms with E-state index in [0.29, 0.717) is 18.7 Å². The number of amides is 1. The number of benzene rings is 1. The quantitative estimate of drug-likeness (QED) is 0.737. The van der Waals surface area contributed by atoms with Crippen molar-refractivity contribution in [1.29, 1.82) is 0 Å². The molecule has 1 fully saturated rings. The molecule has 1 saturated heterocycles. The Morgan fingerprint density at radius 1 is 1.29 bits per heavy atom. The van der Waals surface area contributed by atoms with Crippen LogP contribution in [0.3, 0.4) is 0 Å². The van der Waals surface area contributed by atoms with Crippen molar-refractivity contribution in [2.45, 2.75) is 25.5 Å². The SMILES string of the molecule is CC(NC(=O)[C@H]1CCO[C@@H]1c1cnn(-c2ccccc2F)c1)c1ccccn1. The Kier molecular flexibility index (Phi) is 5.16. The summed E-state index contributed by atoms with van der Waals surface area (Å²) >= 11 is 0. The molecule has 1 aromatic carbocycles. The molecule has 3 heterocycles. The fraction of sp³-hybridized carbons (Fsp3) is 0.286. The molecule has 6 nitrogen and oxygen atoms in total. The zero-order valence-electron chi connectivity index (χ0n) is 15.5. The summed E-state index contributed by atoms with van der Waals surface area (Å²) in [6.45, 7) is 2.40. The molecule has 1 aliphatic heterocycles. The fourth-order valence-corrected chi connectivity index (χ4v) is 3.47. The minimum absolute atomic E-state index is 0.0840. The van der Waals surface area contributed by atoms with Crippen molar-refractivity contribution >= 4 is 5.91 Å². The molecule has 0 bridgehead atoms. The van der Waals surface area contributed by atoms with Crippen LogP contribution in [0.4, 0.5) is 4.39 Å². The number of carbonyl (C=O) groups is 1. The van der Waals surface area contributed by atoms with E-state index in [1.807, 2.05) is 25.1 Å². The maximum atomic E-state index is 14.0. The second-order valence-corrected chi connectivity index (χ2v) is 6.84. The molecule has 0 aliphatic carbocycles. The van der Waals surface area contributed by atoms with Gasteiger partial charge in [-0.15, -0.1) is 0 Å². The molecule has 7 heteroatoms. The molecule has 0 radical (unpaired) electrons. The summed E-state index contributed by atoms with van der Waals surface area (Å²) in [7, 11) is 0. The van der Waals surface area contributed by atoms with Crippen LogP contribution >= 0.6 is 0 Å². The van der Waals surface area contributed by atoms with E-state index in [9.17, 15) is 9.18 Å². The third-order valence-electron chi connectivity index (χ3n) is 4.95. The van der Waals surface area contributed by atoms with Crippen molar-refractivity contribution < 1.29 is 13.9 Å². The molecule has 1 unspecified atom stereocenters. The van der Waals surface area contributed by atoms with Crippen LogP contribution in [0.5, 0.6) is 0 Å². The lowest BCUT2D eigenvalue weighted by atomic mass is 9.96. The van der Waals surface area contributed by atoms with E-state index in [1.54, 1.807) is 36.8 Å². The van der Waals surface area contributed by atoms with E-state index >= 15 is 0 Å². The molecule has 0 spiro atoms. The van der Waals surface area contributed by atoms with Crippen molar-refractivity contribution in [2.75, 3.05) is 6.61 Å². The molecule has 144 valence electrons. The number of pyridine rings is 1. The van der Waals surface area contributed by atoms with Crippen LogP contribution in [0, 0.1) is 11.7 Å². The Balaban J connectivity index is 1.49. The maximum Gasteiger partial charge on any atom is 0.226 e. The number of halogens is 1. The van der Waals surface area contributed by atoms with Gasteiger partial charge in [0.25, 0.3) is 0 Å². The molecule has 3 atom stereocenters. The van der Waals surface area contributed by atoms with E-state index in [1.165, 1.54) is 10.7 Å². The van der Waals surface area contributed by atoms with Crippen molar-refractivity contribution in [3.63, 3.8) is 0 Å². The largest absolute Gasteiger partial charge is 0.373 e. The number of aromatic nitrogens is 3. The van der Waals surface area contributed by atoms with Gasteiger partial charge in [0.1, 0.15) is 11.5 Å². The van der Waals surface area contributed by atoms with E-state index in [-0.39, 0.29) is 23.7 Å². The van der Waals surface area contributed by atoms with Gasteiger partial charge in [0, 0.05) is 24.6 Å². The number of para-hydroxylation sites is 1. The number of carbonyl (C=O) groups excluding carboxylic acids is 1. The van der Waals surface area contributed by atoms with Crippen molar-refractivity contribution in [3.05, 3.63) is 78.1 Å². The highest BCUT2D eigenvalue weighted by Crippen LogP contribution is 2.35. The summed E-state index contributed by atoms with van der Waals surface area (Å²) < 4.78 is 21.3. The zero-order chi connectivity index (χ0) is 19.5. The average molecular weight is 380 g/mol. The Morgan fingerprint density at radius 2 is 2.11 bits per heavy atom. The van der Waals surface area contributed by atoms with E-state index in [2.05, 4.69) is 15.4 Å². The van der Waals surface area contributed by atoms with Crippen molar-refractivity contribution in [1.82, 2.24) is 20.1 Å². The Bertz CT molecular complexity index is 960. The van der Waals surface area contributed by atoms with E-state index < -0.39 is 6.10 Å². The first kappa shape index (κ1) is 18.3. The number of ether oxygens (including phenoxy) is 1. The second-order valence-electron chi connectivity index (χ2n) is 6.84. The van der Waals surface area contributed by atoms with Gasteiger partial charge in [-0.1, -0.05) is 18.2 Å². The highest BCUT2D eigenvalue weighted by Gasteiger charge is 2.36. The Labute approximate surface area is 162 Å². The molecule has 3 aromatic rings. The second kappa shape index (κ2) is 7.90. The van der Waals surface area contributed by atoms with Crippen molar-refractivity contribution in [3.8, 4) is 5.69 Å². The summed E-state index contributed by atoms with van der Waals surface area (Å²) in [6.07, 6.45) is 5.27. The number of hydrogen-bond acceptors (Lipinski definition) is 4. The Morgan fingerprint density at radius 3 is 2.89 bits per heavy atom. The van der Waals surface area contributed by atoms with Crippen LogP contribution in [-0.4, -0.2) is 27.3 Å². The van der Waals surface area contributed by atoms with Crippen LogP contribution < -0.4 is 5.32 Å².